The van der Waals surface area contributed by atoms with Gasteiger partial charge in [-0.3, -0.25) is 4.79 Å². The van der Waals surface area contributed by atoms with Crippen LogP contribution in [0.4, 0.5) is 0 Å². The van der Waals surface area contributed by atoms with Crippen molar-refractivity contribution in [3.8, 4) is 0 Å². The standard InChI is InChI=1S/C4H10O.C3H6O2.C2H6O2/c1-3-5-4-2;1-3(4)5-2;3-1-2-4/h3-4H2,1-2H3;1-2H3;3-4H,1-2H2. The van der Waals surface area contributed by atoms with Crippen molar-refractivity contribution in [2.75, 3.05) is 33.5 Å². The summed E-state index contributed by atoms with van der Waals surface area (Å²) >= 11 is 0. The molecule has 0 radical (unpaired) electrons. The van der Waals surface area contributed by atoms with Crippen molar-refractivity contribution in [2.24, 2.45) is 0 Å². The number of hydrogen-bond acceptors (Lipinski definition) is 5. The first-order valence-corrected chi connectivity index (χ1v) is 4.44. The molecule has 0 fully saturated rings. The molecule has 0 rings (SSSR count). The van der Waals surface area contributed by atoms with E-state index >= 15 is 0 Å². The van der Waals surface area contributed by atoms with Crippen LogP contribution >= 0.6 is 0 Å². The molecule has 0 amide bonds. The molecule has 0 heterocycles. The maximum absolute atomic E-state index is 9.59. The van der Waals surface area contributed by atoms with Gasteiger partial charge in [0.25, 0.3) is 0 Å². The number of methoxy groups -OCH3 is 1. The van der Waals surface area contributed by atoms with Crippen LogP contribution < -0.4 is 0 Å². The summed E-state index contributed by atoms with van der Waals surface area (Å²) in [5.74, 6) is -0.245. The van der Waals surface area contributed by atoms with E-state index in [-0.39, 0.29) is 19.2 Å². The molecule has 0 spiro atoms. The first-order chi connectivity index (χ1) is 6.60. The molecule has 0 aromatic heterocycles. The molecule has 0 saturated carbocycles. The van der Waals surface area contributed by atoms with E-state index in [2.05, 4.69) is 4.74 Å². The molecule has 88 valence electrons. The van der Waals surface area contributed by atoms with E-state index in [9.17, 15) is 4.79 Å². The van der Waals surface area contributed by atoms with Gasteiger partial charge in [0.15, 0.2) is 0 Å². The Morgan fingerprint density at radius 1 is 1.14 bits per heavy atom. The maximum atomic E-state index is 9.59. The van der Waals surface area contributed by atoms with Gasteiger partial charge in [-0.25, -0.2) is 0 Å². The van der Waals surface area contributed by atoms with E-state index in [0.29, 0.717) is 0 Å². The molecule has 0 aliphatic heterocycles. The summed E-state index contributed by atoms with van der Waals surface area (Å²) in [5.41, 5.74) is 0. The molecule has 2 N–H and O–H groups in total. The predicted octanol–water partition coefficient (Wildman–Crippen LogP) is 0.193. The summed E-state index contributed by atoms with van der Waals surface area (Å²) in [5, 5.41) is 15.2. The van der Waals surface area contributed by atoms with Crippen LogP contribution in [0.1, 0.15) is 20.8 Å². The van der Waals surface area contributed by atoms with E-state index in [1.54, 1.807) is 0 Å². The minimum atomic E-state index is -0.245. The van der Waals surface area contributed by atoms with Gasteiger partial charge in [0.05, 0.1) is 20.3 Å². The largest absolute Gasteiger partial charge is 0.469 e. The van der Waals surface area contributed by atoms with E-state index < -0.39 is 0 Å². The Morgan fingerprint density at radius 3 is 1.43 bits per heavy atom. The smallest absolute Gasteiger partial charge is 0.302 e. The van der Waals surface area contributed by atoms with Crippen LogP contribution in [-0.2, 0) is 14.3 Å². The van der Waals surface area contributed by atoms with Crippen LogP contribution in [0.5, 0.6) is 0 Å². The Kier molecular flexibility index (Phi) is 31.0. The second kappa shape index (κ2) is 22.8. The highest BCUT2D eigenvalue weighted by Crippen LogP contribution is 1.64. The van der Waals surface area contributed by atoms with Gasteiger partial charge in [-0.2, -0.15) is 0 Å². The normalized spacial score (nSPS) is 7.57. The third-order valence-electron chi connectivity index (χ3n) is 0.796. The van der Waals surface area contributed by atoms with Crippen LogP contribution in [0.25, 0.3) is 0 Å². The zero-order valence-corrected chi connectivity index (χ0v) is 9.45. The molecule has 0 aliphatic carbocycles. The summed E-state index contributed by atoms with van der Waals surface area (Å²) in [7, 11) is 1.35. The van der Waals surface area contributed by atoms with Crippen molar-refractivity contribution in [1.82, 2.24) is 0 Å². The molecule has 0 aromatic carbocycles. The summed E-state index contributed by atoms with van der Waals surface area (Å²) in [4.78, 5) is 9.59. The van der Waals surface area contributed by atoms with E-state index in [4.69, 9.17) is 14.9 Å². The molecule has 0 aliphatic rings. The van der Waals surface area contributed by atoms with Gasteiger partial charge in [-0.05, 0) is 13.8 Å². The third-order valence-corrected chi connectivity index (χ3v) is 0.796. The number of ether oxygens (including phenoxy) is 2. The van der Waals surface area contributed by atoms with Gasteiger partial charge in [0.1, 0.15) is 0 Å². The molecule has 0 unspecified atom stereocenters. The van der Waals surface area contributed by atoms with Gasteiger partial charge < -0.3 is 19.7 Å². The number of carbonyl (C=O) groups excluding carboxylic acids is 1. The number of carbonyl (C=O) groups is 1. The van der Waals surface area contributed by atoms with Crippen molar-refractivity contribution in [2.45, 2.75) is 20.8 Å². The van der Waals surface area contributed by atoms with E-state index in [1.165, 1.54) is 14.0 Å². The number of aliphatic hydroxyl groups is 2. The van der Waals surface area contributed by atoms with Gasteiger partial charge in [0.2, 0.25) is 0 Å². The van der Waals surface area contributed by atoms with Crippen LogP contribution in [0.2, 0.25) is 0 Å². The van der Waals surface area contributed by atoms with Crippen molar-refractivity contribution < 1.29 is 24.5 Å². The van der Waals surface area contributed by atoms with Crippen molar-refractivity contribution in [3.63, 3.8) is 0 Å². The van der Waals surface area contributed by atoms with Gasteiger partial charge >= 0.3 is 5.97 Å². The van der Waals surface area contributed by atoms with Crippen molar-refractivity contribution >= 4 is 5.97 Å². The summed E-state index contributed by atoms with van der Waals surface area (Å²) in [6.45, 7) is 6.78. The molecular formula is C9H22O5. The minimum absolute atomic E-state index is 0.125. The highest BCUT2D eigenvalue weighted by molar-refractivity contribution is 5.65. The lowest BCUT2D eigenvalue weighted by molar-refractivity contribution is -0.137. The average Bonchev–Trinajstić information content (AvgIpc) is 2.20. The second-order valence-electron chi connectivity index (χ2n) is 1.92. The molecule has 0 saturated heterocycles. The highest BCUT2D eigenvalue weighted by Gasteiger charge is 1.75. The number of esters is 1. The van der Waals surface area contributed by atoms with Crippen LogP contribution in [0.15, 0.2) is 0 Å². The van der Waals surface area contributed by atoms with Crippen LogP contribution in [-0.4, -0.2) is 49.7 Å². The van der Waals surface area contributed by atoms with E-state index in [1.807, 2.05) is 13.8 Å². The fourth-order valence-electron chi connectivity index (χ4n) is 0.204. The lowest BCUT2D eigenvalue weighted by atomic mass is 10.8. The predicted molar refractivity (Wildman–Crippen MR) is 54.0 cm³/mol. The number of hydrogen-bond donors (Lipinski definition) is 2. The van der Waals surface area contributed by atoms with Gasteiger partial charge in [-0.1, -0.05) is 0 Å². The van der Waals surface area contributed by atoms with Crippen LogP contribution in [0.3, 0.4) is 0 Å². The Labute approximate surface area is 85.6 Å². The Hall–Kier alpha value is -0.650. The highest BCUT2D eigenvalue weighted by atomic mass is 16.5. The Morgan fingerprint density at radius 2 is 1.43 bits per heavy atom. The molecule has 5 nitrogen and oxygen atoms in total. The Bertz CT molecular complexity index is 91.2. The maximum Gasteiger partial charge on any atom is 0.302 e. The first-order valence-electron chi connectivity index (χ1n) is 4.44. The number of rotatable bonds is 3. The zero-order valence-electron chi connectivity index (χ0n) is 9.45. The first kappa shape index (κ1) is 19.0. The van der Waals surface area contributed by atoms with Crippen molar-refractivity contribution in [3.05, 3.63) is 0 Å². The average molecular weight is 210 g/mol. The Balaban J connectivity index is -0.000000131. The van der Waals surface area contributed by atoms with Crippen molar-refractivity contribution in [1.29, 1.82) is 0 Å². The minimum Gasteiger partial charge on any atom is -0.469 e. The molecule has 0 bridgehead atoms. The molecule has 14 heavy (non-hydrogen) atoms. The fraction of sp³-hybridized carbons (Fsp3) is 0.889. The topological polar surface area (TPSA) is 76.0 Å². The van der Waals surface area contributed by atoms with Crippen LogP contribution in [0, 0.1) is 0 Å². The zero-order chi connectivity index (χ0) is 11.8. The van der Waals surface area contributed by atoms with Gasteiger partial charge in [0, 0.05) is 20.1 Å². The van der Waals surface area contributed by atoms with Gasteiger partial charge in [-0.15, -0.1) is 0 Å². The van der Waals surface area contributed by atoms with E-state index in [0.717, 1.165) is 13.2 Å². The SMILES string of the molecule is CCOCC.COC(C)=O.OCCO. The fourth-order valence-corrected chi connectivity index (χ4v) is 0.204. The summed E-state index contributed by atoms with van der Waals surface area (Å²) < 4.78 is 8.94. The lowest BCUT2D eigenvalue weighted by Crippen LogP contribution is -1.88. The molecule has 0 aromatic rings. The summed E-state index contributed by atoms with van der Waals surface area (Å²) in [6, 6.07) is 0. The second-order valence-corrected chi connectivity index (χ2v) is 1.92. The lowest BCUT2D eigenvalue weighted by Gasteiger charge is -1.86. The molecular weight excluding hydrogens is 188 g/mol. The monoisotopic (exact) mass is 210 g/mol. The summed E-state index contributed by atoms with van der Waals surface area (Å²) in [6.07, 6.45) is 0. The molecule has 0 atom stereocenters. The molecule has 5 heteroatoms. The quantitative estimate of drug-likeness (QED) is 0.650. The third kappa shape index (κ3) is 64.3. The number of aliphatic hydroxyl groups excluding tert-OH is 2.